The van der Waals surface area contributed by atoms with E-state index in [1.165, 1.54) is 6.42 Å². The van der Waals surface area contributed by atoms with Crippen LogP contribution in [0.1, 0.15) is 46.5 Å². The predicted octanol–water partition coefficient (Wildman–Crippen LogP) is 0.620. The first-order chi connectivity index (χ1) is 15.0. The molecule has 2 saturated heterocycles. The van der Waals surface area contributed by atoms with E-state index in [4.69, 9.17) is 10.5 Å². The fourth-order valence-electron chi connectivity index (χ4n) is 7.18. The van der Waals surface area contributed by atoms with Crippen molar-refractivity contribution in [3.63, 3.8) is 0 Å². The Hall–Kier alpha value is -2.32. The van der Waals surface area contributed by atoms with Gasteiger partial charge in [-0.25, -0.2) is 4.79 Å². The summed E-state index contributed by atoms with van der Waals surface area (Å²) in [7, 11) is 0. The van der Waals surface area contributed by atoms with E-state index in [-0.39, 0.29) is 30.1 Å². The van der Waals surface area contributed by atoms with Gasteiger partial charge in [-0.15, -0.1) is 0 Å². The van der Waals surface area contributed by atoms with Crippen LogP contribution in [-0.4, -0.2) is 59.5 Å². The lowest BCUT2D eigenvalue weighted by Gasteiger charge is -2.32. The van der Waals surface area contributed by atoms with Crippen molar-refractivity contribution in [1.82, 2.24) is 15.5 Å². The summed E-state index contributed by atoms with van der Waals surface area (Å²) in [5.74, 6) is 1.38. The van der Waals surface area contributed by atoms with Gasteiger partial charge >= 0.3 is 6.09 Å². The fraction of sp³-hybridized carbons (Fsp3) is 0.826. The molecular formula is C23H34N4O5. The number of primary amides is 1. The summed E-state index contributed by atoms with van der Waals surface area (Å²) in [6.45, 7) is 6.52. The molecule has 0 spiro atoms. The second-order valence-corrected chi connectivity index (χ2v) is 11.4. The SMILES string of the molecule is CC(C)(C)OC(=O)N1C[C@@H]2[C@H]3C[C@H]([C@@H]4C[C@@H]43)[C@@H]2[C@H]1C(=O)N[C@@H](C[C@@H]1CCNC1=O)C(N)=O. The molecule has 4 N–H and O–H groups in total. The molecule has 5 rings (SSSR count). The summed E-state index contributed by atoms with van der Waals surface area (Å²) in [6, 6.07) is -1.60. The maximum atomic E-state index is 13.6. The first-order valence-corrected chi connectivity index (χ1v) is 11.9. The fourth-order valence-corrected chi connectivity index (χ4v) is 7.18. The largest absolute Gasteiger partial charge is 0.444 e. The third-order valence-corrected chi connectivity index (χ3v) is 8.42. The van der Waals surface area contributed by atoms with Gasteiger partial charge in [0.15, 0.2) is 0 Å². The molecule has 9 atom stereocenters. The average molecular weight is 447 g/mol. The van der Waals surface area contributed by atoms with Crippen LogP contribution in [0.25, 0.3) is 0 Å². The number of carbonyl (C=O) groups is 4. The van der Waals surface area contributed by atoms with Crippen LogP contribution in [0.5, 0.6) is 0 Å². The second-order valence-electron chi connectivity index (χ2n) is 11.4. The number of rotatable bonds is 5. The number of hydrogen-bond donors (Lipinski definition) is 3. The van der Waals surface area contributed by atoms with Crippen molar-refractivity contribution in [2.45, 2.75) is 64.1 Å². The van der Waals surface area contributed by atoms with Crippen molar-refractivity contribution in [2.75, 3.05) is 13.1 Å². The molecule has 0 aromatic rings. The Morgan fingerprint density at radius 2 is 1.81 bits per heavy atom. The number of nitrogens with one attached hydrogen (secondary N) is 2. The molecule has 0 radical (unpaired) electrons. The average Bonchev–Trinajstić information content (AvgIpc) is 3.00. The van der Waals surface area contributed by atoms with Gasteiger partial charge in [0.1, 0.15) is 17.7 Å². The third kappa shape index (κ3) is 3.53. The highest BCUT2D eigenvalue weighted by molar-refractivity contribution is 5.92. The Morgan fingerprint density at radius 3 is 2.44 bits per heavy atom. The van der Waals surface area contributed by atoms with Crippen molar-refractivity contribution in [1.29, 1.82) is 0 Å². The molecule has 2 bridgehead atoms. The Kier molecular flexibility index (Phi) is 4.94. The number of carbonyl (C=O) groups excluding carboxylic acids is 4. The van der Waals surface area contributed by atoms with Crippen molar-refractivity contribution >= 4 is 23.8 Å². The molecule has 9 heteroatoms. The molecule has 0 aromatic carbocycles. The van der Waals surface area contributed by atoms with Crippen LogP contribution in [0.4, 0.5) is 4.79 Å². The predicted molar refractivity (Wildman–Crippen MR) is 114 cm³/mol. The smallest absolute Gasteiger partial charge is 0.410 e. The van der Waals surface area contributed by atoms with Crippen LogP contribution >= 0.6 is 0 Å². The van der Waals surface area contributed by atoms with Gasteiger partial charge in [0.05, 0.1) is 0 Å². The molecular weight excluding hydrogens is 412 g/mol. The van der Waals surface area contributed by atoms with E-state index in [0.717, 1.165) is 12.3 Å². The van der Waals surface area contributed by atoms with Crippen LogP contribution in [0, 0.1) is 41.4 Å². The van der Waals surface area contributed by atoms with E-state index in [1.54, 1.807) is 4.90 Å². The van der Waals surface area contributed by atoms with E-state index in [1.807, 2.05) is 20.8 Å². The highest BCUT2D eigenvalue weighted by Crippen LogP contribution is 2.71. The van der Waals surface area contributed by atoms with E-state index < -0.39 is 29.7 Å². The maximum Gasteiger partial charge on any atom is 0.410 e. The van der Waals surface area contributed by atoms with Crippen LogP contribution in [0.15, 0.2) is 0 Å². The van der Waals surface area contributed by atoms with Crippen LogP contribution < -0.4 is 16.4 Å². The lowest BCUT2D eigenvalue weighted by molar-refractivity contribution is -0.132. The van der Waals surface area contributed by atoms with Crippen LogP contribution in [0.2, 0.25) is 0 Å². The van der Waals surface area contributed by atoms with Crippen molar-refractivity contribution < 1.29 is 23.9 Å². The Labute approximate surface area is 188 Å². The zero-order valence-corrected chi connectivity index (χ0v) is 19.0. The number of nitrogens with zero attached hydrogens (tertiary/aromatic N) is 1. The zero-order chi connectivity index (χ0) is 22.9. The number of hydrogen-bond acceptors (Lipinski definition) is 5. The van der Waals surface area contributed by atoms with Crippen molar-refractivity contribution in [3.8, 4) is 0 Å². The minimum absolute atomic E-state index is 0.0968. The van der Waals surface area contributed by atoms with Gasteiger partial charge < -0.3 is 21.1 Å². The topological polar surface area (TPSA) is 131 Å². The van der Waals surface area contributed by atoms with E-state index in [9.17, 15) is 19.2 Å². The lowest BCUT2D eigenvalue weighted by Crippen LogP contribution is -2.55. The molecule has 0 aromatic heterocycles. The summed E-state index contributed by atoms with van der Waals surface area (Å²) in [5.41, 5.74) is 4.93. The molecule has 3 saturated carbocycles. The van der Waals surface area contributed by atoms with Crippen molar-refractivity contribution in [2.24, 2.45) is 47.2 Å². The van der Waals surface area contributed by atoms with Gasteiger partial charge in [-0.3, -0.25) is 19.3 Å². The van der Waals surface area contributed by atoms with Gasteiger partial charge in [-0.05, 0) is 82.0 Å². The molecule has 9 nitrogen and oxygen atoms in total. The standard InChI is InChI=1S/C23H34N4O5/c1-23(2,3)32-22(31)27-9-15-13-8-14(12-7-11(12)13)17(15)18(27)21(30)26-16(19(24)28)6-10-4-5-25-20(10)29/h10-18H,4-9H2,1-3H3,(H2,24,28)(H,25,29)(H,26,30)/t10-,11-,12+,13-,14+,15+,16-,17-,18-/m0/s1. The van der Waals surface area contributed by atoms with Crippen LogP contribution in [0.3, 0.4) is 0 Å². The number of amides is 4. The summed E-state index contributed by atoms with van der Waals surface area (Å²) >= 11 is 0. The summed E-state index contributed by atoms with van der Waals surface area (Å²) in [6.07, 6.45) is 2.69. The molecule has 3 aliphatic carbocycles. The Balaban J connectivity index is 1.36. The summed E-state index contributed by atoms with van der Waals surface area (Å²) in [5, 5.41) is 5.56. The summed E-state index contributed by atoms with van der Waals surface area (Å²) < 4.78 is 5.63. The highest BCUT2D eigenvalue weighted by Gasteiger charge is 2.70. The minimum Gasteiger partial charge on any atom is -0.444 e. The monoisotopic (exact) mass is 446 g/mol. The molecule has 5 fully saturated rings. The van der Waals surface area contributed by atoms with E-state index in [0.29, 0.717) is 43.2 Å². The lowest BCUT2D eigenvalue weighted by atomic mass is 9.78. The van der Waals surface area contributed by atoms with Gasteiger partial charge in [0, 0.05) is 19.0 Å². The molecule has 2 aliphatic heterocycles. The maximum absolute atomic E-state index is 13.6. The molecule has 5 aliphatic rings. The molecule has 2 heterocycles. The first-order valence-electron chi connectivity index (χ1n) is 11.9. The third-order valence-electron chi connectivity index (χ3n) is 8.42. The number of ether oxygens (including phenoxy) is 1. The van der Waals surface area contributed by atoms with E-state index in [2.05, 4.69) is 10.6 Å². The van der Waals surface area contributed by atoms with Crippen molar-refractivity contribution in [3.05, 3.63) is 0 Å². The molecule has 32 heavy (non-hydrogen) atoms. The normalized spacial score (nSPS) is 39.8. The molecule has 4 amide bonds. The van der Waals surface area contributed by atoms with Gasteiger partial charge in [0.25, 0.3) is 0 Å². The number of nitrogens with two attached hydrogens (primary N) is 1. The quantitative estimate of drug-likeness (QED) is 0.570. The highest BCUT2D eigenvalue weighted by atomic mass is 16.6. The molecule has 0 unspecified atom stereocenters. The minimum atomic E-state index is -0.942. The summed E-state index contributed by atoms with van der Waals surface area (Å²) in [4.78, 5) is 52.3. The van der Waals surface area contributed by atoms with Gasteiger partial charge in [-0.1, -0.05) is 0 Å². The molecule has 176 valence electrons. The zero-order valence-electron chi connectivity index (χ0n) is 19.0. The Morgan fingerprint density at radius 1 is 1.16 bits per heavy atom. The Bertz CT molecular complexity index is 854. The van der Waals surface area contributed by atoms with Crippen LogP contribution in [-0.2, 0) is 19.1 Å². The van der Waals surface area contributed by atoms with E-state index >= 15 is 0 Å². The number of fused-ring (bicyclic) bond motifs is 8. The number of likely N-dealkylation sites (tertiary alicyclic amines) is 1. The van der Waals surface area contributed by atoms with Gasteiger partial charge in [0.2, 0.25) is 17.7 Å². The first kappa shape index (κ1) is 21.5. The van der Waals surface area contributed by atoms with Gasteiger partial charge in [-0.2, -0.15) is 0 Å². The second kappa shape index (κ2) is 7.35.